The number of phenolic OH excluding ortho intramolecular Hbond substituents is 1. The van der Waals surface area contributed by atoms with Gasteiger partial charge in [-0.15, -0.1) is 0 Å². The smallest absolute Gasteiger partial charge is 0.120 e. The molecule has 1 fully saturated rings. The van der Waals surface area contributed by atoms with Gasteiger partial charge >= 0.3 is 0 Å². The van der Waals surface area contributed by atoms with E-state index in [0.29, 0.717) is 5.75 Å². The fourth-order valence-electron chi connectivity index (χ4n) is 2.49. The van der Waals surface area contributed by atoms with Crippen molar-refractivity contribution in [3.8, 4) is 5.75 Å². The molecule has 0 saturated carbocycles. The Morgan fingerprint density at radius 2 is 1.89 bits per heavy atom. The molecular formula is C15H24N2O. The summed E-state index contributed by atoms with van der Waals surface area (Å²) in [7, 11) is 0. The molecule has 0 aromatic heterocycles. The largest absolute Gasteiger partial charge is 0.508 e. The quantitative estimate of drug-likeness (QED) is 0.759. The van der Waals surface area contributed by atoms with E-state index in [1.165, 1.54) is 45.3 Å². The standard InChI is InChI=1S/C15H24N2O/c18-15-8-3-2-7-14(15)13-16-9-6-12-17-10-4-1-5-11-17/h2-3,7-8,16,18H,1,4-6,9-13H2. The molecule has 0 spiro atoms. The summed E-state index contributed by atoms with van der Waals surface area (Å²) in [5.74, 6) is 0.390. The van der Waals surface area contributed by atoms with Crippen molar-refractivity contribution in [2.45, 2.75) is 32.2 Å². The Morgan fingerprint density at radius 3 is 2.67 bits per heavy atom. The Hall–Kier alpha value is -1.06. The number of para-hydroxylation sites is 1. The van der Waals surface area contributed by atoms with Crippen molar-refractivity contribution in [2.24, 2.45) is 0 Å². The SMILES string of the molecule is Oc1ccccc1CNCCCN1CCCCC1. The van der Waals surface area contributed by atoms with Gasteiger partial charge < -0.3 is 15.3 Å². The van der Waals surface area contributed by atoms with Gasteiger partial charge in [0.25, 0.3) is 0 Å². The Labute approximate surface area is 110 Å². The predicted molar refractivity (Wildman–Crippen MR) is 74.7 cm³/mol. The third kappa shape index (κ3) is 4.31. The van der Waals surface area contributed by atoms with Crippen molar-refractivity contribution in [1.29, 1.82) is 0 Å². The van der Waals surface area contributed by atoms with Crippen LogP contribution in [0.5, 0.6) is 5.75 Å². The Morgan fingerprint density at radius 1 is 1.11 bits per heavy atom. The number of hydrogen-bond donors (Lipinski definition) is 2. The van der Waals surface area contributed by atoms with Crippen molar-refractivity contribution in [3.63, 3.8) is 0 Å². The molecule has 1 saturated heterocycles. The zero-order valence-electron chi connectivity index (χ0n) is 11.1. The van der Waals surface area contributed by atoms with Crippen LogP contribution in [0.15, 0.2) is 24.3 Å². The van der Waals surface area contributed by atoms with Crippen LogP contribution in [0.1, 0.15) is 31.2 Å². The summed E-state index contributed by atoms with van der Waals surface area (Å²) in [6.45, 7) is 5.53. The predicted octanol–water partition coefficient (Wildman–Crippen LogP) is 2.36. The topological polar surface area (TPSA) is 35.5 Å². The van der Waals surface area contributed by atoms with Gasteiger partial charge in [0.2, 0.25) is 0 Å². The molecule has 1 aromatic rings. The molecule has 1 aliphatic rings. The molecule has 100 valence electrons. The van der Waals surface area contributed by atoms with Crippen LogP contribution in [0.2, 0.25) is 0 Å². The first-order valence-electron chi connectivity index (χ1n) is 7.06. The lowest BCUT2D eigenvalue weighted by Gasteiger charge is -2.26. The van der Waals surface area contributed by atoms with Crippen molar-refractivity contribution < 1.29 is 5.11 Å². The lowest BCUT2D eigenvalue weighted by atomic mass is 10.1. The maximum atomic E-state index is 9.62. The van der Waals surface area contributed by atoms with Gasteiger partial charge in [-0.25, -0.2) is 0 Å². The molecule has 3 nitrogen and oxygen atoms in total. The molecule has 1 heterocycles. The van der Waals surface area contributed by atoms with Crippen molar-refractivity contribution in [3.05, 3.63) is 29.8 Å². The minimum atomic E-state index is 0.390. The number of benzene rings is 1. The van der Waals surface area contributed by atoms with E-state index in [-0.39, 0.29) is 0 Å². The lowest BCUT2D eigenvalue weighted by Crippen LogP contribution is -2.32. The molecule has 0 atom stereocenters. The zero-order valence-corrected chi connectivity index (χ0v) is 11.1. The number of phenols is 1. The van der Waals surface area contributed by atoms with Crippen LogP contribution in [-0.4, -0.2) is 36.2 Å². The van der Waals surface area contributed by atoms with Crippen LogP contribution in [0, 0.1) is 0 Å². The van der Waals surface area contributed by atoms with E-state index in [2.05, 4.69) is 10.2 Å². The molecule has 2 N–H and O–H groups in total. The molecule has 0 radical (unpaired) electrons. The van der Waals surface area contributed by atoms with E-state index in [1.54, 1.807) is 6.07 Å². The van der Waals surface area contributed by atoms with Gasteiger partial charge in [-0.2, -0.15) is 0 Å². The third-order valence-corrected chi connectivity index (χ3v) is 3.58. The molecule has 18 heavy (non-hydrogen) atoms. The number of hydrogen-bond acceptors (Lipinski definition) is 3. The van der Waals surface area contributed by atoms with Crippen LogP contribution >= 0.6 is 0 Å². The zero-order chi connectivity index (χ0) is 12.6. The molecule has 1 aliphatic heterocycles. The van der Waals surface area contributed by atoms with E-state index >= 15 is 0 Å². The van der Waals surface area contributed by atoms with Gasteiger partial charge in [0.15, 0.2) is 0 Å². The van der Waals surface area contributed by atoms with E-state index < -0.39 is 0 Å². The second-order valence-electron chi connectivity index (χ2n) is 5.06. The van der Waals surface area contributed by atoms with Gasteiger partial charge in [0.1, 0.15) is 5.75 Å². The van der Waals surface area contributed by atoms with Gasteiger partial charge in [-0.3, -0.25) is 0 Å². The highest BCUT2D eigenvalue weighted by Crippen LogP contribution is 2.14. The number of rotatable bonds is 6. The molecule has 0 amide bonds. The summed E-state index contributed by atoms with van der Waals surface area (Å²) in [6.07, 6.45) is 5.33. The van der Waals surface area contributed by atoms with E-state index in [4.69, 9.17) is 0 Å². The maximum Gasteiger partial charge on any atom is 0.120 e. The van der Waals surface area contributed by atoms with Crippen LogP contribution < -0.4 is 5.32 Å². The first-order chi connectivity index (χ1) is 8.86. The second kappa shape index (κ2) is 7.39. The number of nitrogens with one attached hydrogen (secondary N) is 1. The van der Waals surface area contributed by atoms with Crippen LogP contribution in [0.25, 0.3) is 0 Å². The second-order valence-corrected chi connectivity index (χ2v) is 5.06. The maximum absolute atomic E-state index is 9.62. The molecule has 0 bridgehead atoms. The summed E-state index contributed by atoms with van der Waals surface area (Å²) >= 11 is 0. The summed E-state index contributed by atoms with van der Waals surface area (Å²) in [5, 5.41) is 13.0. The molecule has 1 aromatic carbocycles. The fourth-order valence-corrected chi connectivity index (χ4v) is 2.49. The summed E-state index contributed by atoms with van der Waals surface area (Å²) in [5.41, 5.74) is 0.982. The molecule has 0 unspecified atom stereocenters. The third-order valence-electron chi connectivity index (χ3n) is 3.58. The van der Waals surface area contributed by atoms with Crippen LogP contribution in [0.3, 0.4) is 0 Å². The average Bonchev–Trinajstić information content (AvgIpc) is 2.42. The van der Waals surface area contributed by atoms with Crippen LogP contribution in [0.4, 0.5) is 0 Å². The highest BCUT2D eigenvalue weighted by Gasteiger charge is 2.08. The van der Waals surface area contributed by atoms with Crippen molar-refractivity contribution in [1.82, 2.24) is 10.2 Å². The number of likely N-dealkylation sites (tertiary alicyclic amines) is 1. The van der Waals surface area contributed by atoms with Gasteiger partial charge in [0.05, 0.1) is 0 Å². The fraction of sp³-hybridized carbons (Fsp3) is 0.600. The summed E-state index contributed by atoms with van der Waals surface area (Å²) < 4.78 is 0. The van der Waals surface area contributed by atoms with Crippen LogP contribution in [-0.2, 0) is 6.54 Å². The first kappa shape index (κ1) is 13.4. The van der Waals surface area contributed by atoms with Crippen molar-refractivity contribution in [2.75, 3.05) is 26.2 Å². The lowest BCUT2D eigenvalue weighted by molar-refractivity contribution is 0.225. The van der Waals surface area contributed by atoms with Crippen molar-refractivity contribution >= 4 is 0 Å². The molecule has 3 heteroatoms. The Bertz CT molecular complexity index is 348. The monoisotopic (exact) mass is 248 g/mol. The van der Waals surface area contributed by atoms with Gasteiger partial charge in [-0.05, 0) is 51.5 Å². The van der Waals surface area contributed by atoms with Gasteiger partial charge in [-0.1, -0.05) is 24.6 Å². The molecule has 0 aliphatic carbocycles. The highest BCUT2D eigenvalue weighted by atomic mass is 16.3. The normalized spacial score (nSPS) is 16.9. The minimum absolute atomic E-state index is 0.390. The average molecular weight is 248 g/mol. The molecular weight excluding hydrogens is 224 g/mol. The first-order valence-corrected chi connectivity index (χ1v) is 7.06. The van der Waals surface area contributed by atoms with E-state index in [1.807, 2.05) is 18.2 Å². The Balaban J connectivity index is 1.57. The number of piperidine rings is 1. The molecule has 2 rings (SSSR count). The summed E-state index contributed by atoms with van der Waals surface area (Å²) in [4.78, 5) is 2.56. The van der Waals surface area contributed by atoms with E-state index in [0.717, 1.165) is 18.7 Å². The van der Waals surface area contributed by atoms with E-state index in [9.17, 15) is 5.11 Å². The van der Waals surface area contributed by atoms with Gasteiger partial charge in [0, 0.05) is 12.1 Å². The number of aromatic hydroxyl groups is 1. The summed E-state index contributed by atoms with van der Waals surface area (Å²) in [6, 6.07) is 7.53. The number of nitrogens with zero attached hydrogens (tertiary/aromatic N) is 1. The highest BCUT2D eigenvalue weighted by molar-refractivity contribution is 5.31. The Kier molecular flexibility index (Phi) is 5.49. The minimum Gasteiger partial charge on any atom is -0.508 e.